The molecule has 6 heteroatoms. The van der Waals surface area contributed by atoms with E-state index in [1.165, 1.54) is 5.56 Å². The number of hydrogen-bond acceptors (Lipinski definition) is 5. The van der Waals surface area contributed by atoms with Crippen LogP contribution in [0.2, 0.25) is 0 Å². The minimum atomic E-state index is -0.483. The van der Waals surface area contributed by atoms with Gasteiger partial charge in [-0.15, -0.1) is 23.5 Å². The highest BCUT2D eigenvalue weighted by Crippen LogP contribution is 2.45. The van der Waals surface area contributed by atoms with E-state index >= 15 is 0 Å². The Labute approximate surface area is 174 Å². The van der Waals surface area contributed by atoms with E-state index in [0.717, 1.165) is 29.2 Å². The molecule has 2 aromatic rings. The molecule has 0 unspecified atom stereocenters. The lowest BCUT2D eigenvalue weighted by atomic mass is 9.97. The molecular weight excluding hydrogens is 390 g/mol. The van der Waals surface area contributed by atoms with E-state index in [-0.39, 0.29) is 12.5 Å². The molecule has 0 aromatic heterocycles. The third-order valence-corrected chi connectivity index (χ3v) is 7.86. The van der Waals surface area contributed by atoms with Gasteiger partial charge in [-0.2, -0.15) is 0 Å². The van der Waals surface area contributed by atoms with Gasteiger partial charge in [0.1, 0.15) is 0 Å². The molecule has 0 bridgehead atoms. The first-order chi connectivity index (χ1) is 13.6. The number of anilines is 1. The molecular formula is C22H25NO3S2. The van der Waals surface area contributed by atoms with Crippen molar-refractivity contribution in [2.45, 2.75) is 30.8 Å². The number of carbonyl (C=O) groups excluding carboxylic acids is 2. The Morgan fingerprint density at radius 2 is 1.79 bits per heavy atom. The van der Waals surface area contributed by atoms with Gasteiger partial charge in [-0.3, -0.25) is 4.79 Å². The first-order valence-electron chi connectivity index (χ1n) is 9.47. The van der Waals surface area contributed by atoms with Crippen molar-refractivity contribution >= 4 is 41.1 Å². The summed E-state index contributed by atoms with van der Waals surface area (Å²) in [5, 5.41) is 2.86. The fourth-order valence-corrected chi connectivity index (χ4v) is 5.85. The Bertz CT molecular complexity index is 817. The minimum absolute atomic E-state index is 0.302. The number of carbonyl (C=O) groups is 2. The standard InChI is InChI=1S/C22H25NO3S2/c1-3-15(2)18-6-4-5-7-19(18)23-20(24)14-26-21(25)16-8-10-17(11-9-16)22-27-12-13-28-22/h4-11,15,22H,3,12-14H2,1-2H3,(H,23,24)/t15-/m0/s1. The smallest absolute Gasteiger partial charge is 0.338 e. The highest BCUT2D eigenvalue weighted by Gasteiger charge is 2.19. The van der Waals surface area contributed by atoms with Crippen LogP contribution in [0.1, 0.15) is 52.3 Å². The predicted molar refractivity (Wildman–Crippen MR) is 118 cm³/mol. The first kappa shape index (κ1) is 20.8. The van der Waals surface area contributed by atoms with Crippen LogP contribution < -0.4 is 5.32 Å². The average molecular weight is 416 g/mol. The fourth-order valence-electron chi connectivity index (χ4n) is 2.99. The quantitative estimate of drug-likeness (QED) is 0.607. The summed E-state index contributed by atoms with van der Waals surface area (Å²) in [7, 11) is 0. The van der Waals surface area contributed by atoms with Crippen molar-refractivity contribution in [2.24, 2.45) is 0 Å². The van der Waals surface area contributed by atoms with Crippen molar-refractivity contribution in [3.8, 4) is 0 Å². The van der Waals surface area contributed by atoms with E-state index in [2.05, 4.69) is 19.2 Å². The van der Waals surface area contributed by atoms with Gasteiger partial charge < -0.3 is 10.1 Å². The number of benzene rings is 2. The Balaban J connectivity index is 1.54. The lowest BCUT2D eigenvalue weighted by Gasteiger charge is -2.15. The maximum atomic E-state index is 12.2. The van der Waals surface area contributed by atoms with Crippen LogP contribution in [-0.4, -0.2) is 30.0 Å². The summed E-state index contributed by atoms with van der Waals surface area (Å²) >= 11 is 3.85. The molecule has 0 radical (unpaired) electrons. The highest BCUT2D eigenvalue weighted by molar-refractivity contribution is 8.19. The van der Waals surface area contributed by atoms with Crippen molar-refractivity contribution in [3.05, 3.63) is 65.2 Å². The molecule has 1 aliphatic rings. The Hall–Kier alpha value is -1.92. The fraction of sp³-hybridized carbons (Fsp3) is 0.364. The van der Waals surface area contributed by atoms with Crippen molar-refractivity contribution < 1.29 is 14.3 Å². The molecule has 3 rings (SSSR count). The van der Waals surface area contributed by atoms with Crippen LogP contribution in [0.4, 0.5) is 5.69 Å². The van der Waals surface area contributed by atoms with Crippen molar-refractivity contribution in [2.75, 3.05) is 23.4 Å². The number of nitrogens with one attached hydrogen (secondary N) is 1. The van der Waals surface area contributed by atoms with Crippen LogP contribution in [0, 0.1) is 0 Å². The molecule has 0 saturated carbocycles. The zero-order valence-corrected chi connectivity index (χ0v) is 17.8. The highest BCUT2D eigenvalue weighted by atomic mass is 32.2. The summed E-state index contributed by atoms with van der Waals surface area (Å²) in [6, 6.07) is 15.2. The number of rotatable bonds is 7. The summed E-state index contributed by atoms with van der Waals surface area (Å²) in [6.07, 6.45) is 0.982. The molecule has 1 N–H and O–H groups in total. The summed E-state index contributed by atoms with van der Waals surface area (Å²) in [4.78, 5) is 24.5. The van der Waals surface area contributed by atoms with Crippen LogP contribution in [-0.2, 0) is 9.53 Å². The van der Waals surface area contributed by atoms with E-state index in [1.807, 2.05) is 59.9 Å². The SMILES string of the molecule is CC[C@H](C)c1ccccc1NC(=O)COC(=O)c1ccc(C2SCCS2)cc1. The predicted octanol–water partition coefficient (Wildman–Crippen LogP) is 5.47. The Morgan fingerprint density at radius 3 is 2.46 bits per heavy atom. The maximum Gasteiger partial charge on any atom is 0.338 e. The summed E-state index contributed by atoms with van der Waals surface area (Å²) in [5.74, 6) is 1.85. The van der Waals surface area contributed by atoms with Gasteiger partial charge in [-0.1, -0.05) is 44.2 Å². The van der Waals surface area contributed by atoms with Gasteiger partial charge in [-0.05, 0) is 41.7 Å². The normalized spacial score (nSPS) is 15.2. The third kappa shape index (κ3) is 5.32. The second-order valence-corrected chi connectivity index (χ2v) is 9.44. The number of hydrogen-bond donors (Lipinski definition) is 1. The summed E-state index contributed by atoms with van der Waals surface area (Å²) in [6.45, 7) is 3.93. The summed E-state index contributed by atoms with van der Waals surface area (Å²) in [5.41, 5.74) is 3.53. The van der Waals surface area contributed by atoms with Crippen LogP contribution in [0.25, 0.3) is 0 Å². The molecule has 0 spiro atoms. The molecule has 1 aliphatic heterocycles. The molecule has 1 amide bonds. The molecule has 2 aromatic carbocycles. The molecule has 28 heavy (non-hydrogen) atoms. The maximum absolute atomic E-state index is 12.2. The van der Waals surface area contributed by atoms with Gasteiger partial charge in [0.15, 0.2) is 6.61 Å². The molecule has 148 valence electrons. The lowest BCUT2D eigenvalue weighted by Crippen LogP contribution is -2.21. The van der Waals surface area contributed by atoms with E-state index in [1.54, 1.807) is 12.1 Å². The van der Waals surface area contributed by atoms with E-state index in [9.17, 15) is 9.59 Å². The zero-order valence-electron chi connectivity index (χ0n) is 16.1. The monoisotopic (exact) mass is 415 g/mol. The van der Waals surface area contributed by atoms with Gasteiger partial charge >= 0.3 is 5.97 Å². The van der Waals surface area contributed by atoms with Gasteiger partial charge in [-0.25, -0.2) is 4.79 Å². The van der Waals surface area contributed by atoms with Gasteiger partial charge in [0, 0.05) is 17.2 Å². The van der Waals surface area contributed by atoms with Crippen LogP contribution >= 0.6 is 23.5 Å². The molecule has 1 heterocycles. The van der Waals surface area contributed by atoms with E-state index < -0.39 is 5.97 Å². The first-order valence-corrected chi connectivity index (χ1v) is 11.6. The van der Waals surface area contributed by atoms with Gasteiger partial charge in [0.05, 0.1) is 10.1 Å². The second kappa shape index (κ2) is 10.0. The largest absolute Gasteiger partial charge is 0.452 e. The second-order valence-electron chi connectivity index (χ2n) is 6.72. The number of para-hydroxylation sites is 1. The Kier molecular flexibility index (Phi) is 7.45. The van der Waals surface area contributed by atoms with Crippen molar-refractivity contribution in [3.63, 3.8) is 0 Å². The molecule has 1 fully saturated rings. The third-order valence-electron chi connectivity index (χ3n) is 4.75. The lowest BCUT2D eigenvalue weighted by molar-refractivity contribution is -0.119. The van der Waals surface area contributed by atoms with Crippen molar-refractivity contribution in [1.29, 1.82) is 0 Å². The number of esters is 1. The number of thioether (sulfide) groups is 2. The van der Waals surface area contributed by atoms with Gasteiger partial charge in [0.2, 0.25) is 0 Å². The molecule has 1 saturated heterocycles. The molecule has 0 aliphatic carbocycles. The average Bonchev–Trinajstić information content (AvgIpc) is 3.27. The minimum Gasteiger partial charge on any atom is -0.452 e. The Morgan fingerprint density at radius 1 is 1.11 bits per heavy atom. The topological polar surface area (TPSA) is 55.4 Å². The summed E-state index contributed by atoms with van der Waals surface area (Å²) < 4.78 is 5.64. The van der Waals surface area contributed by atoms with Crippen molar-refractivity contribution in [1.82, 2.24) is 0 Å². The number of amides is 1. The number of ether oxygens (including phenoxy) is 1. The van der Waals surface area contributed by atoms with Crippen LogP contribution in [0.5, 0.6) is 0 Å². The van der Waals surface area contributed by atoms with Gasteiger partial charge in [0.25, 0.3) is 5.91 Å². The van der Waals surface area contributed by atoms with Crippen LogP contribution in [0.3, 0.4) is 0 Å². The van der Waals surface area contributed by atoms with E-state index in [4.69, 9.17) is 4.74 Å². The molecule has 1 atom stereocenters. The molecule has 4 nitrogen and oxygen atoms in total. The van der Waals surface area contributed by atoms with Crippen LogP contribution in [0.15, 0.2) is 48.5 Å². The zero-order chi connectivity index (χ0) is 19.9. The van der Waals surface area contributed by atoms with E-state index in [0.29, 0.717) is 16.1 Å².